The third kappa shape index (κ3) is 6.11. The highest BCUT2D eigenvalue weighted by atomic mass is 19.4. The summed E-state index contributed by atoms with van der Waals surface area (Å²) in [5, 5.41) is 8.28. The summed E-state index contributed by atoms with van der Waals surface area (Å²) in [6.45, 7) is 10.1. The van der Waals surface area contributed by atoms with Crippen LogP contribution in [0.3, 0.4) is 0 Å². The molecule has 1 aliphatic carbocycles. The van der Waals surface area contributed by atoms with Crippen molar-refractivity contribution in [1.82, 2.24) is 34.3 Å². The lowest BCUT2D eigenvalue weighted by Gasteiger charge is -2.24. The van der Waals surface area contributed by atoms with E-state index in [0.717, 1.165) is 16.6 Å². The summed E-state index contributed by atoms with van der Waals surface area (Å²) >= 11 is 0. The molecule has 4 aromatic heterocycles. The van der Waals surface area contributed by atoms with Crippen LogP contribution in [-0.4, -0.2) is 51.7 Å². The largest absolute Gasteiger partial charge is 0.471 e. The Morgan fingerprint density at radius 3 is 2.35 bits per heavy atom. The van der Waals surface area contributed by atoms with Crippen LogP contribution in [0.1, 0.15) is 71.1 Å². The smallest absolute Gasteiger partial charge is 0.408 e. The van der Waals surface area contributed by atoms with Gasteiger partial charge in [-0.05, 0) is 77.6 Å². The number of ether oxygens (including phenoxy) is 2. The minimum absolute atomic E-state index is 0.0520. The molecule has 5 aromatic rings. The molecule has 1 unspecified atom stereocenters. The minimum atomic E-state index is -4.48. The van der Waals surface area contributed by atoms with Crippen molar-refractivity contribution in [3.8, 4) is 23.1 Å². The molecule has 43 heavy (non-hydrogen) atoms. The number of nitrogens with zero attached hydrogens (tertiary/aromatic N) is 7. The lowest BCUT2D eigenvalue weighted by molar-refractivity contribution is -0.141. The van der Waals surface area contributed by atoms with Gasteiger partial charge in [-0.2, -0.15) is 28.4 Å². The van der Waals surface area contributed by atoms with Crippen molar-refractivity contribution in [3.05, 3.63) is 59.9 Å². The SMILES string of the molecule is CC(C)(C)Oc1ncc(-c2cc([C@H]3CC3c3cc(F)c4cnn(CC(F)(F)F)c4c3)n3nccc3n2)c(OC(C)(C)C)n1. The molecule has 0 bridgehead atoms. The van der Waals surface area contributed by atoms with Crippen molar-refractivity contribution in [1.29, 1.82) is 0 Å². The van der Waals surface area contributed by atoms with Gasteiger partial charge in [-0.1, -0.05) is 0 Å². The van der Waals surface area contributed by atoms with Crippen molar-refractivity contribution < 1.29 is 27.0 Å². The fourth-order valence-corrected chi connectivity index (χ4v) is 5.11. The maximum absolute atomic E-state index is 15.0. The highest BCUT2D eigenvalue weighted by Gasteiger charge is 2.42. The van der Waals surface area contributed by atoms with Gasteiger partial charge in [-0.15, -0.1) is 0 Å². The number of fused-ring (bicyclic) bond motifs is 2. The maximum atomic E-state index is 15.0. The lowest BCUT2D eigenvalue weighted by atomic mass is 10.0. The summed E-state index contributed by atoms with van der Waals surface area (Å²) in [5.41, 5.74) is 2.13. The van der Waals surface area contributed by atoms with E-state index in [2.05, 4.69) is 20.2 Å². The van der Waals surface area contributed by atoms with Crippen LogP contribution in [0, 0.1) is 5.82 Å². The van der Waals surface area contributed by atoms with Gasteiger partial charge in [0.1, 0.15) is 23.6 Å². The van der Waals surface area contributed by atoms with Crippen molar-refractivity contribution >= 4 is 16.6 Å². The molecule has 1 fully saturated rings. The third-order valence-corrected chi connectivity index (χ3v) is 6.86. The first-order valence-corrected chi connectivity index (χ1v) is 13.9. The second-order valence-corrected chi connectivity index (χ2v) is 12.8. The summed E-state index contributed by atoms with van der Waals surface area (Å²) < 4.78 is 69.0. The van der Waals surface area contributed by atoms with Crippen LogP contribution in [-0.2, 0) is 6.54 Å². The molecule has 13 heteroatoms. The number of benzene rings is 1. The molecule has 0 saturated heterocycles. The fraction of sp³-hybridized carbons (Fsp3) is 0.433. The first-order chi connectivity index (χ1) is 20.0. The van der Waals surface area contributed by atoms with Crippen LogP contribution in [0.2, 0.25) is 0 Å². The van der Waals surface area contributed by atoms with E-state index >= 15 is 4.39 Å². The lowest BCUT2D eigenvalue weighted by Crippen LogP contribution is -2.26. The first-order valence-electron chi connectivity index (χ1n) is 13.9. The molecule has 1 aromatic carbocycles. The van der Waals surface area contributed by atoms with Gasteiger partial charge >= 0.3 is 12.2 Å². The van der Waals surface area contributed by atoms with E-state index in [9.17, 15) is 13.2 Å². The second-order valence-electron chi connectivity index (χ2n) is 12.8. The molecular weight excluding hydrogens is 566 g/mol. The molecule has 6 rings (SSSR count). The highest BCUT2D eigenvalue weighted by molar-refractivity contribution is 5.80. The Hall–Kier alpha value is -4.29. The molecular formula is C30H31F4N7O2. The van der Waals surface area contributed by atoms with Gasteiger partial charge in [-0.25, -0.2) is 18.9 Å². The molecule has 226 valence electrons. The highest BCUT2D eigenvalue weighted by Crippen LogP contribution is 2.55. The zero-order valence-corrected chi connectivity index (χ0v) is 24.6. The molecule has 1 saturated carbocycles. The molecule has 2 atom stereocenters. The van der Waals surface area contributed by atoms with Gasteiger partial charge in [0.05, 0.1) is 40.2 Å². The van der Waals surface area contributed by atoms with Crippen molar-refractivity contribution in [3.63, 3.8) is 0 Å². The number of aromatic nitrogens is 7. The number of hydrogen-bond donors (Lipinski definition) is 0. The number of rotatable bonds is 6. The van der Waals surface area contributed by atoms with E-state index in [1.807, 2.05) is 47.6 Å². The van der Waals surface area contributed by atoms with E-state index in [1.165, 1.54) is 6.07 Å². The van der Waals surface area contributed by atoms with Gasteiger partial charge in [0, 0.05) is 18.2 Å². The first kappa shape index (κ1) is 28.8. The average molecular weight is 598 g/mol. The Labute approximate surface area is 244 Å². The Bertz CT molecular complexity index is 1830. The average Bonchev–Trinajstić information content (AvgIpc) is 3.34. The Kier molecular flexibility index (Phi) is 6.62. The summed E-state index contributed by atoms with van der Waals surface area (Å²) in [4.78, 5) is 13.8. The molecule has 0 aliphatic heterocycles. The molecule has 9 nitrogen and oxygen atoms in total. The minimum Gasteiger partial charge on any atom is -0.471 e. The summed E-state index contributed by atoms with van der Waals surface area (Å²) in [6.07, 6.45) is 0.547. The van der Waals surface area contributed by atoms with Crippen molar-refractivity contribution in [2.45, 2.75) is 83.7 Å². The number of halogens is 4. The summed E-state index contributed by atoms with van der Waals surface area (Å²) in [5.74, 6) is -0.525. The van der Waals surface area contributed by atoms with Gasteiger partial charge < -0.3 is 9.47 Å². The maximum Gasteiger partial charge on any atom is 0.408 e. The molecule has 0 amide bonds. The van der Waals surface area contributed by atoms with E-state index in [4.69, 9.17) is 14.5 Å². The molecule has 1 aliphatic rings. The summed E-state index contributed by atoms with van der Waals surface area (Å²) in [7, 11) is 0. The Balaban J connectivity index is 1.39. The van der Waals surface area contributed by atoms with Crippen LogP contribution >= 0.6 is 0 Å². The van der Waals surface area contributed by atoms with E-state index < -0.39 is 29.7 Å². The predicted molar refractivity (Wildman–Crippen MR) is 151 cm³/mol. The third-order valence-electron chi connectivity index (χ3n) is 6.86. The normalized spacial score (nSPS) is 17.5. The topological polar surface area (TPSA) is 92.3 Å². The number of alkyl halides is 3. The number of hydrogen-bond acceptors (Lipinski definition) is 7. The van der Waals surface area contributed by atoms with E-state index in [1.54, 1.807) is 29.0 Å². The van der Waals surface area contributed by atoms with Crippen LogP contribution in [0.4, 0.5) is 17.6 Å². The van der Waals surface area contributed by atoms with Gasteiger partial charge in [0.15, 0.2) is 5.65 Å². The Morgan fingerprint density at radius 1 is 0.907 bits per heavy atom. The standard InChI is InChI=1S/C30H31F4N7O2/c1-28(2,3)42-26-20(13-35-27(39-26)43-29(4,5)6)22-12-24(41-25(38-22)7-8-36-41)18-11-17(18)16-9-21(31)19-14-37-40(23(19)10-16)15-30(32,33)34/h7-10,12-14,17-18H,11,15H2,1-6H3/t17?,18-/m0/s1. The predicted octanol–water partition coefficient (Wildman–Crippen LogP) is 6.86. The zero-order valence-electron chi connectivity index (χ0n) is 24.6. The molecule has 4 heterocycles. The van der Waals surface area contributed by atoms with Crippen LogP contribution in [0.15, 0.2) is 42.9 Å². The van der Waals surface area contributed by atoms with E-state index in [-0.39, 0.29) is 28.7 Å². The van der Waals surface area contributed by atoms with Crippen LogP contribution in [0.25, 0.3) is 27.8 Å². The Morgan fingerprint density at radius 2 is 1.65 bits per heavy atom. The fourth-order valence-electron chi connectivity index (χ4n) is 5.11. The quantitative estimate of drug-likeness (QED) is 0.197. The van der Waals surface area contributed by atoms with Crippen molar-refractivity contribution in [2.75, 3.05) is 0 Å². The van der Waals surface area contributed by atoms with Crippen LogP contribution in [0.5, 0.6) is 11.9 Å². The second kappa shape index (κ2) is 9.88. The molecule has 0 N–H and O–H groups in total. The molecule has 0 spiro atoms. The molecule has 0 radical (unpaired) electrons. The monoisotopic (exact) mass is 597 g/mol. The van der Waals surface area contributed by atoms with Gasteiger partial charge in [0.25, 0.3) is 0 Å². The van der Waals surface area contributed by atoms with Crippen molar-refractivity contribution in [2.24, 2.45) is 0 Å². The summed E-state index contributed by atoms with van der Waals surface area (Å²) in [6, 6.07) is 6.80. The van der Waals surface area contributed by atoms with Gasteiger partial charge in [-0.3, -0.25) is 4.68 Å². The zero-order chi connectivity index (χ0) is 30.9. The van der Waals surface area contributed by atoms with Gasteiger partial charge in [0.2, 0.25) is 5.88 Å². The van der Waals surface area contributed by atoms with Crippen LogP contribution < -0.4 is 9.47 Å². The van der Waals surface area contributed by atoms with E-state index in [0.29, 0.717) is 34.8 Å².